The molecular formula is C44H29N5. The van der Waals surface area contributed by atoms with Crippen molar-refractivity contribution in [2.24, 2.45) is 0 Å². The molecule has 0 saturated carbocycles. The predicted octanol–water partition coefficient (Wildman–Crippen LogP) is 10.7. The Morgan fingerprint density at radius 2 is 0.939 bits per heavy atom. The molecule has 0 spiro atoms. The van der Waals surface area contributed by atoms with E-state index in [9.17, 15) is 0 Å². The molecule has 0 saturated heterocycles. The minimum Gasteiger partial charge on any atom is -0.293 e. The lowest BCUT2D eigenvalue weighted by molar-refractivity contribution is 1.06. The number of hydrogen-bond acceptors (Lipinski definition) is 4. The third-order valence-corrected chi connectivity index (χ3v) is 9.04. The van der Waals surface area contributed by atoms with Crippen LogP contribution in [0, 0.1) is 0 Å². The number of hydrogen-bond donors (Lipinski definition) is 0. The van der Waals surface area contributed by atoms with Gasteiger partial charge in [0, 0.05) is 57.8 Å². The Morgan fingerprint density at radius 3 is 1.63 bits per heavy atom. The molecule has 0 bridgehead atoms. The third kappa shape index (κ3) is 5.05. The van der Waals surface area contributed by atoms with Gasteiger partial charge in [0.25, 0.3) is 0 Å². The van der Waals surface area contributed by atoms with Crippen LogP contribution < -0.4 is 0 Å². The Hall–Kier alpha value is -6.72. The van der Waals surface area contributed by atoms with Gasteiger partial charge >= 0.3 is 0 Å². The molecule has 230 valence electrons. The summed E-state index contributed by atoms with van der Waals surface area (Å²) >= 11 is 0. The second-order valence-corrected chi connectivity index (χ2v) is 11.9. The molecule has 0 aliphatic heterocycles. The molecule has 5 heterocycles. The van der Waals surface area contributed by atoms with E-state index in [0.717, 1.165) is 78.1 Å². The van der Waals surface area contributed by atoms with Gasteiger partial charge in [0.1, 0.15) is 5.82 Å². The summed E-state index contributed by atoms with van der Waals surface area (Å²) in [6.07, 6.45) is 7.23. The number of pyridine rings is 4. The number of aromatic nitrogens is 5. The van der Waals surface area contributed by atoms with Crippen molar-refractivity contribution in [3.05, 3.63) is 176 Å². The average molecular weight is 628 g/mol. The summed E-state index contributed by atoms with van der Waals surface area (Å²) in [7, 11) is 0. The largest absolute Gasteiger partial charge is 0.293 e. The number of benzene rings is 4. The molecule has 0 atom stereocenters. The van der Waals surface area contributed by atoms with E-state index < -0.39 is 0 Å². The Balaban J connectivity index is 1.38. The molecule has 5 nitrogen and oxygen atoms in total. The van der Waals surface area contributed by atoms with Crippen molar-refractivity contribution >= 4 is 21.7 Å². The van der Waals surface area contributed by atoms with Gasteiger partial charge in [-0.3, -0.25) is 14.5 Å². The fourth-order valence-electron chi connectivity index (χ4n) is 6.85. The smallest absolute Gasteiger partial charge is 0.138 e. The van der Waals surface area contributed by atoms with Crippen LogP contribution in [-0.4, -0.2) is 24.5 Å². The Kier molecular flexibility index (Phi) is 7.06. The van der Waals surface area contributed by atoms with Crippen molar-refractivity contribution in [3.63, 3.8) is 0 Å². The fraction of sp³-hybridized carbons (Fsp3) is 0. The lowest BCUT2D eigenvalue weighted by Crippen LogP contribution is -2.02. The van der Waals surface area contributed by atoms with Crippen molar-refractivity contribution in [2.75, 3.05) is 0 Å². The molecule has 9 aromatic rings. The monoisotopic (exact) mass is 627 g/mol. The van der Waals surface area contributed by atoms with Crippen molar-refractivity contribution in [1.29, 1.82) is 0 Å². The maximum Gasteiger partial charge on any atom is 0.138 e. The third-order valence-electron chi connectivity index (χ3n) is 9.04. The second kappa shape index (κ2) is 12.1. The number of fused-ring (bicyclic) bond motifs is 3. The van der Waals surface area contributed by atoms with Crippen molar-refractivity contribution in [3.8, 4) is 62.0 Å². The van der Waals surface area contributed by atoms with Crippen LogP contribution in [0.5, 0.6) is 0 Å². The van der Waals surface area contributed by atoms with E-state index in [1.807, 2.05) is 42.7 Å². The van der Waals surface area contributed by atoms with E-state index in [0.29, 0.717) is 0 Å². The summed E-state index contributed by atoms with van der Waals surface area (Å²) in [5.41, 5.74) is 11.5. The summed E-state index contributed by atoms with van der Waals surface area (Å²) in [5, 5.41) is 3.41. The molecule has 5 aromatic heterocycles. The summed E-state index contributed by atoms with van der Waals surface area (Å²) in [5.74, 6) is 0.844. The summed E-state index contributed by atoms with van der Waals surface area (Å²) in [6, 6.07) is 52.8. The first-order valence-electron chi connectivity index (χ1n) is 16.3. The SMILES string of the molecule is c1ccc(-c2c(-c3ccccc3)n(-c3cccc(-c4ccncc4)n3)c3c2ccc2c(-c4cccc(-c5ccncc5)n4)cccc23)cc1. The highest BCUT2D eigenvalue weighted by Crippen LogP contribution is 2.46. The molecule has 0 fully saturated rings. The van der Waals surface area contributed by atoms with Crippen molar-refractivity contribution in [2.45, 2.75) is 0 Å². The maximum atomic E-state index is 5.31. The molecule has 0 amide bonds. The van der Waals surface area contributed by atoms with Crippen molar-refractivity contribution < 1.29 is 0 Å². The van der Waals surface area contributed by atoms with Gasteiger partial charge in [-0.05, 0) is 65.0 Å². The van der Waals surface area contributed by atoms with Gasteiger partial charge in [0.05, 0.1) is 28.3 Å². The van der Waals surface area contributed by atoms with Gasteiger partial charge in [-0.2, -0.15) is 0 Å². The van der Waals surface area contributed by atoms with Gasteiger partial charge in [-0.25, -0.2) is 9.97 Å². The van der Waals surface area contributed by atoms with E-state index >= 15 is 0 Å². The zero-order valence-electron chi connectivity index (χ0n) is 26.5. The minimum absolute atomic E-state index is 0.844. The second-order valence-electron chi connectivity index (χ2n) is 11.9. The normalized spacial score (nSPS) is 11.3. The van der Waals surface area contributed by atoms with Gasteiger partial charge in [0.2, 0.25) is 0 Å². The van der Waals surface area contributed by atoms with Crippen LogP contribution in [-0.2, 0) is 0 Å². The van der Waals surface area contributed by atoms with Crippen LogP contribution in [0.2, 0.25) is 0 Å². The first-order chi connectivity index (χ1) is 24.3. The molecule has 0 radical (unpaired) electrons. The van der Waals surface area contributed by atoms with Crippen LogP contribution in [0.25, 0.3) is 83.6 Å². The first-order valence-corrected chi connectivity index (χ1v) is 16.3. The summed E-state index contributed by atoms with van der Waals surface area (Å²) in [6.45, 7) is 0. The zero-order valence-corrected chi connectivity index (χ0v) is 26.5. The van der Waals surface area contributed by atoms with E-state index in [1.165, 1.54) is 5.56 Å². The molecule has 5 heteroatoms. The number of rotatable bonds is 6. The molecule has 0 aliphatic rings. The zero-order chi connectivity index (χ0) is 32.6. The Morgan fingerprint density at radius 1 is 0.367 bits per heavy atom. The van der Waals surface area contributed by atoms with E-state index in [2.05, 4.69) is 136 Å². The molecule has 9 rings (SSSR count). The predicted molar refractivity (Wildman–Crippen MR) is 199 cm³/mol. The molecule has 49 heavy (non-hydrogen) atoms. The van der Waals surface area contributed by atoms with Crippen LogP contribution in [0.4, 0.5) is 0 Å². The molecule has 4 aromatic carbocycles. The van der Waals surface area contributed by atoms with Crippen LogP contribution in [0.15, 0.2) is 176 Å². The average Bonchev–Trinajstić information content (AvgIpc) is 3.55. The van der Waals surface area contributed by atoms with Crippen LogP contribution in [0.3, 0.4) is 0 Å². The molecule has 0 unspecified atom stereocenters. The minimum atomic E-state index is 0.844. The first kappa shape index (κ1) is 28.5. The molecular weight excluding hydrogens is 599 g/mol. The molecule has 0 aliphatic carbocycles. The van der Waals surface area contributed by atoms with E-state index in [-0.39, 0.29) is 0 Å². The Labute approximate surface area is 283 Å². The highest BCUT2D eigenvalue weighted by Gasteiger charge is 2.24. The lowest BCUT2D eigenvalue weighted by Gasteiger charge is -2.15. The standard InChI is InChI=1S/C44H29N5/c1-3-10-32(11-4-1)42-37-21-20-34-35(40-18-8-16-38(47-40)30-22-26-45-27-23-30)14-7-15-36(34)44(37)49(43(42)33-12-5-2-6-13-33)41-19-9-17-39(48-41)31-24-28-46-29-25-31/h1-29H. The van der Waals surface area contributed by atoms with Gasteiger partial charge in [-0.15, -0.1) is 0 Å². The highest BCUT2D eigenvalue weighted by molar-refractivity contribution is 6.18. The van der Waals surface area contributed by atoms with E-state index in [4.69, 9.17) is 9.97 Å². The van der Waals surface area contributed by atoms with Crippen LogP contribution in [0.1, 0.15) is 0 Å². The quantitative estimate of drug-likeness (QED) is 0.184. The maximum absolute atomic E-state index is 5.31. The van der Waals surface area contributed by atoms with E-state index in [1.54, 1.807) is 12.4 Å². The van der Waals surface area contributed by atoms with Crippen LogP contribution >= 0.6 is 0 Å². The summed E-state index contributed by atoms with van der Waals surface area (Å²) < 4.78 is 2.35. The Bertz CT molecular complexity index is 2580. The fourth-order valence-corrected chi connectivity index (χ4v) is 6.85. The highest BCUT2D eigenvalue weighted by atomic mass is 15.1. The topological polar surface area (TPSA) is 56.5 Å². The molecule has 0 N–H and O–H groups in total. The summed E-state index contributed by atoms with van der Waals surface area (Å²) in [4.78, 5) is 18.9. The lowest BCUT2D eigenvalue weighted by atomic mass is 9.95. The number of nitrogens with zero attached hydrogens (tertiary/aromatic N) is 5. The van der Waals surface area contributed by atoms with Gasteiger partial charge in [0.15, 0.2) is 0 Å². The van der Waals surface area contributed by atoms with Gasteiger partial charge in [-0.1, -0.05) is 103 Å². The van der Waals surface area contributed by atoms with Crippen molar-refractivity contribution in [1.82, 2.24) is 24.5 Å². The van der Waals surface area contributed by atoms with Gasteiger partial charge < -0.3 is 0 Å².